The number of primary amides is 1. The van der Waals surface area contributed by atoms with Gasteiger partial charge in [-0.15, -0.1) is 0 Å². The van der Waals surface area contributed by atoms with Gasteiger partial charge in [0.25, 0.3) is 0 Å². The monoisotopic (exact) mass is 269 g/mol. The average molecular weight is 269 g/mol. The number of H-pyrrole nitrogens is 1. The number of aromatic amines is 1. The first kappa shape index (κ1) is 14.5. The normalized spacial score (nSPS) is 11.6. The Hall–Kier alpha value is -2.58. The van der Waals surface area contributed by atoms with Crippen molar-refractivity contribution in [2.75, 3.05) is 7.05 Å². The number of urea groups is 1. The molecule has 0 unspecified atom stereocenters. The van der Waals surface area contributed by atoms with Gasteiger partial charge in [-0.2, -0.15) is 5.10 Å². The molecule has 1 rings (SSSR count). The molecular formula is C10H15N5O4. The number of hydrogen-bond donors (Lipinski definition) is 4. The van der Waals surface area contributed by atoms with E-state index in [0.717, 1.165) is 5.56 Å². The number of nitrogens with zero attached hydrogens (tertiary/aromatic N) is 2. The van der Waals surface area contributed by atoms with E-state index in [2.05, 4.69) is 15.5 Å². The van der Waals surface area contributed by atoms with Crippen LogP contribution in [-0.4, -0.2) is 51.2 Å². The molecule has 0 saturated carbocycles. The highest BCUT2D eigenvalue weighted by molar-refractivity contribution is 5.87. The highest BCUT2D eigenvalue weighted by atomic mass is 16.4. The molecule has 9 heteroatoms. The van der Waals surface area contributed by atoms with Gasteiger partial charge in [0.2, 0.25) is 5.91 Å². The fourth-order valence-electron chi connectivity index (χ4n) is 1.37. The molecule has 0 radical (unpaired) electrons. The predicted molar refractivity (Wildman–Crippen MR) is 63.8 cm³/mol. The average Bonchev–Trinajstić information content (AvgIpc) is 2.79. The number of carboxylic acids is 1. The number of amides is 3. The number of carbonyl (C=O) groups is 3. The van der Waals surface area contributed by atoms with Crippen molar-refractivity contribution in [3.8, 4) is 0 Å². The van der Waals surface area contributed by atoms with Crippen LogP contribution in [0.25, 0.3) is 0 Å². The van der Waals surface area contributed by atoms with E-state index in [9.17, 15) is 14.4 Å². The minimum Gasteiger partial charge on any atom is -0.480 e. The zero-order chi connectivity index (χ0) is 14.4. The largest absolute Gasteiger partial charge is 0.480 e. The summed E-state index contributed by atoms with van der Waals surface area (Å²) in [6, 6.07) is -1.95. The van der Waals surface area contributed by atoms with Gasteiger partial charge in [0.15, 0.2) is 0 Å². The molecule has 0 bridgehead atoms. The molecule has 0 saturated heterocycles. The number of carboxylic acid groups (broad SMARTS) is 1. The number of aromatic nitrogens is 2. The van der Waals surface area contributed by atoms with Gasteiger partial charge < -0.3 is 21.1 Å². The van der Waals surface area contributed by atoms with E-state index in [-0.39, 0.29) is 6.54 Å². The van der Waals surface area contributed by atoms with Gasteiger partial charge in [0.05, 0.1) is 19.2 Å². The van der Waals surface area contributed by atoms with Crippen LogP contribution in [0.2, 0.25) is 0 Å². The van der Waals surface area contributed by atoms with Crippen LogP contribution >= 0.6 is 0 Å². The Labute approximate surface area is 108 Å². The summed E-state index contributed by atoms with van der Waals surface area (Å²) in [7, 11) is 1.49. The Morgan fingerprint density at radius 3 is 2.74 bits per heavy atom. The highest BCUT2D eigenvalue weighted by Crippen LogP contribution is 2.01. The van der Waals surface area contributed by atoms with Crippen LogP contribution in [0.1, 0.15) is 12.0 Å². The maximum absolute atomic E-state index is 11.7. The lowest BCUT2D eigenvalue weighted by molar-refractivity contribution is -0.140. The minimum absolute atomic E-state index is 0.255. The summed E-state index contributed by atoms with van der Waals surface area (Å²) >= 11 is 0. The molecule has 0 aliphatic rings. The van der Waals surface area contributed by atoms with Gasteiger partial charge in [-0.25, -0.2) is 9.59 Å². The van der Waals surface area contributed by atoms with E-state index in [4.69, 9.17) is 10.8 Å². The van der Waals surface area contributed by atoms with Gasteiger partial charge in [-0.1, -0.05) is 0 Å². The molecule has 0 aliphatic heterocycles. The van der Waals surface area contributed by atoms with Gasteiger partial charge in [0.1, 0.15) is 6.04 Å². The third-order valence-corrected chi connectivity index (χ3v) is 2.32. The van der Waals surface area contributed by atoms with Crippen molar-refractivity contribution in [2.24, 2.45) is 5.73 Å². The Morgan fingerprint density at radius 2 is 2.26 bits per heavy atom. The van der Waals surface area contributed by atoms with Gasteiger partial charge in [0, 0.05) is 18.8 Å². The Morgan fingerprint density at radius 1 is 1.58 bits per heavy atom. The highest BCUT2D eigenvalue weighted by Gasteiger charge is 2.23. The molecule has 0 aromatic carbocycles. The Kier molecular flexibility index (Phi) is 4.86. The molecule has 104 valence electrons. The van der Waals surface area contributed by atoms with Crippen molar-refractivity contribution in [1.29, 1.82) is 0 Å². The summed E-state index contributed by atoms with van der Waals surface area (Å²) in [5.41, 5.74) is 5.68. The SMILES string of the molecule is CN(Cc1cn[nH]c1)C(=O)N[C@H](CC(N)=O)C(=O)O. The molecule has 0 fully saturated rings. The third kappa shape index (κ3) is 4.66. The molecule has 1 aromatic heterocycles. The van der Waals surface area contributed by atoms with Crippen molar-refractivity contribution in [1.82, 2.24) is 20.4 Å². The molecule has 9 nitrogen and oxygen atoms in total. The Balaban J connectivity index is 2.56. The summed E-state index contributed by atoms with van der Waals surface area (Å²) in [5, 5.41) is 17.4. The topological polar surface area (TPSA) is 141 Å². The first-order chi connectivity index (χ1) is 8.90. The third-order valence-electron chi connectivity index (χ3n) is 2.32. The van der Waals surface area contributed by atoms with Crippen LogP contribution in [-0.2, 0) is 16.1 Å². The van der Waals surface area contributed by atoms with E-state index in [0.29, 0.717) is 0 Å². The maximum atomic E-state index is 11.7. The summed E-state index contributed by atoms with van der Waals surface area (Å²) in [6.07, 6.45) is 2.70. The van der Waals surface area contributed by atoms with Crippen LogP contribution in [0.15, 0.2) is 12.4 Å². The van der Waals surface area contributed by atoms with Gasteiger partial charge >= 0.3 is 12.0 Å². The number of nitrogens with two attached hydrogens (primary N) is 1. The summed E-state index contributed by atoms with van der Waals surface area (Å²) < 4.78 is 0. The molecular weight excluding hydrogens is 254 g/mol. The lowest BCUT2D eigenvalue weighted by Crippen LogP contribution is -2.47. The lowest BCUT2D eigenvalue weighted by Gasteiger charge is -2.20. The molecule has 0 spiro atoms. The second-order valence-corrected chi connectivity index (χ2v) is 3.97. The summed E-state index contributed by atoms with van der Waals surface area (Å²) in [6.45, 7) is 0.255. The molecule has 1 heterocycles. The molecule has 0 aliphatic carbocycles. The van der Waals surface area contributed by atoms with Crippen molar-refractivity contribution >= 4 is 17.9 Å². The predicted octanol–water partition coefficient (Wildman–Crippen LogP) is -1.12. The second-order valence-electron chi connectivity index (χ2n) is 3.97. The standard InChI is InChI=1S/C10H15N5O4/c1-15(5-6-3-12-13-4-6)10(19)14-7(9(17)18)2-8(11)16/h3-4,7H,2,5H2,1H3,(H2,11,16)(H,12,13)(H,14,19)(H,17,18)/t7-/m1/s1. The molecule has 5 N–H and O–H groups in total. The number of nitrogens with one attached hydrogen (secondary N) is 2. The minimum atomic E-state index is -1.34. The van der Waals surface area contributed by atoms with Crippen molar-refractivity contribution in [2.45, 2.75) is 19.0 Å². The fraction of sp³-hybridized carbons (Fsp3) is 0.400. The smallest absolute Gasteiger partial charge is 0.326 e. The number of rotatable bonds is 6. The quantitative estimate of drug-likeness (QED) is 0.517. The zero-order valence-corrected chi connectivity index (χ0v) is 10.3. The Bertz CT molecular complexity index is 458. The molecule has 19 heavy (non-hydrogen) atoms. The molecule has 3 amide bonds. The van der Waals surface area contributed by atoms with Crippen molar-refractivity contribution in [3.05, 3.63) is 18.0 Å². The van der Waals surface area contributed by atoms with E-state index in [1.54, 1.807) is 12.4 Å². The van der Waals surface area contributed by atoms with Crippen molar-refractivity contribution in [3.63, 3.8) is 0 Å². The molecule has 1 aromatic rings. The molecule has 1 atom stereocenters. The fourth-order valence-corrected chi connectivity index (χ4v) is 1.37. The first-order valence-electron chi connectivity index (χ1n) is 5.40. The van der Waals surface area contributed by atoms with Crippen LogP contribution in [0.5, 0.6) is 0 Å². The van der Waals surface area contributed by atoms with E-state index < -0.39 is 30.4 Å². The number of aliphatic carboxylic acids is 1. The van der Waals surface area contributed by atoms with Crippen LogP contribution in [0, 0.1) is 0 Å². The van der Waals surface area contributed by atoms with E-state index in [1.807, 2.05) is 0 Å². The van der Waals surface area contributed by atoms with E-state index >= 15 is 0 Å². The summed E-state index contributed by atoms with van der Waals surface area (Å²) in [5.74, 6) is -2.12. The summed E-state index contributed by atoms with van der Waals surface area (Å²) in [4.78, 5) is 34.6. The lowest BCUT2D eigenvalue weighted by atomic mass is 10.2. The number of carbonyl (C=O) groups excluding carboxylic acids is 2. The van der Waals surface area contributed by atoms with Crippen LogP contribution in [0.4, 0.5) is 4.79 Å². The van der Waals surface area contributed by atoms with Crippen LogP contribution in [0.3, 0.4) is 0 Å². The first-order valence-corrected chi connectivity index (χ1v) is 5.40. The van der Waals surface area contributed by atoms with Crippen LogP contribution < -0.4 is 11.1 Å². The van der Waals surface area contributed by atoms with Crippen molar-refractivity contribution < 1.29 is 19.5 Å². The van der Waals surface area contributed by atoms with Gasteiger partial charge in [-0.3, -0.25) is 9.89 Å². The second kappa shape index (κ2) is 6.38. The maximum Gasteiger partial charge on any atom is 0.326 e. The van der Waals surface area contributed by atoms with Gasteiger partial charge in [-0.05, 0) is 0 Å². The zero-order valence-electron chi connectivity index (χ0n) is 10.3. The number of hydrogen-bond acceptors (Lipinski definition) is 4. The van der Waals surface area contributed by atoms with E-state index in [1.165, 1.54) is 11.9 Å².